The van der Waals surface area contributed by atoms with Crippen LogP contribution in [0.2, 0.25) is 0 Å². The summed E-state index contributed by atoms with van der Waals surface area (Å²) < 4.78 is 10.9. The van der Waals surface area contributed by atoms with Gasteiger partial charge in [0.25, 0.3) is 0 Å². The van der Waals surface area contributed by atoms with Gasteiger partial charge in [-0.25, -0.2) is 4.79 Å². The van der Waals surface area contributed by atoms with E-state index in [4.69, 9.17) is 9.47 Å². The first-order valence-corrected chi connectivity index (χ1v) is 8.77. The lowest BCUT2D eigenvalue weighted by molar-refractivity contribution is 0.00684. The molecule has 2 saturated heterocycles. The molecule has 0 radical (unpaired) electrons. The van der Waals surface area contributed by atoms with Gasteiger partial charge in [-0.1, -0.05) is 6.07 Å². The van der Waals surface area contributed by atoms with Crippen molar-refractivity contribution >= 4 is 11.8 Å². The molecule has 1 aromatic rings. The monoisotopic (exact) mass is 332 g/mol. The Balaban J connectivity index is 1.63. The molecule has 5 nitrogen and oxygen atoms in total. The third-order valence-corrected chi connectivity index (χ3v) is 4.78. The van der Waals surface area contributed by atoms with Gasteiger partial charge < -0.3 is 19.7 Å². The minimum Gasteiger partial charge on any atom is -0.497 e. The highest BCUT2D eigenvalue weighted by Gasteiger charge is 2.44. The van der Waals surface area contributed by atoms with Gasteiger partial charge in [0.1, 0.15) is 11.4 Å². The first kappa shape index (κ1) is 16.9. The Bertz CT molecular complexity index is 583. The molecular formula is C19H28N2O3. The number of piperidine rings is 1. The Labute approximate surface area is 144 Å². The van der Waals surface area contributed by atoms with E-state index >= 15 is 0 Å². The lowest BCUT2D eigenvalue weighted by Gasteiger charge is -2.40. The number of methoxy groups -OCH3 is 1. The smallest absolute Gasteiger partial charge is 0.410 e. The van der Waals surface area contributed by atoms with Crippen molar-refractivity contribution in [1.82, 2.24) is 4.90 Å². The van der Waals surface area contributed by atoms with Gasteiger partial charge in [0.05, 0.1) is 7.11 Å². The predicted octanol–water partition coefficient (Wildman–Crippen LogP) is 4.04. The Morgan fingerprint density at radius 1 is 1.21 bits per heavy atom. The van der Waals surface area contributed by atoms with E-state index in [-0.39, 0.29) is 18.2 Å². The number of amides is 1. The number of fused-ring (bicyclic) bond motifs is 2. The zero-order valence-electron chi connectivity index (χ0n) is 15.0. The summed E-state index contributed by atoms with van der Waals surface area (Å²) in [7, 11) is 1.68. The summed E-state index contributed by atoms with van der Waals surface area (Å²) in [6, 6.07) is 8.95. The number of carbonyl (C=O) groups excluding carboxylic acids is 1. The number of nitrogens with one attached hydrogen (secondary N) is 1. The number of carbonyl (C=O) groups is 1. The molecule has 1 aromatic carbocycles. The van der Waals surface area contributed by atoms with E-state index < -0.39 is 5.60 Å². The van der Waals surface area contributed by atoms with Crippen molar-refractivity contribution in [3.8, 4) is 5.75 Å². The van der Waals surface area contributed by atoms with Gasteiger partial charge in [-0.3, -0.25) is 0 Å². The zero-order chi connectivity index (χ0) is 17.3. The van der Waals surface area contributed by atoms with Gasteiger partial charge in [0.2, 0.25) is 0 Å². The second-order valence-electron chi connectivity index (χ2n) is 7.82. The molecule has 1 N–H and O–H groups in total. The summed E-state index contributed by atoms with van der Waals surface area (Å²) in [5.74, 6) is 0.856. The first-order valence-electron chi connectivity index (χ1n) is 8.77. The summed E-state index contributed by atoms with van der Waals surface area (Å²) in [6.45, 7) is 5.76. The van der Waals surface area contributed by atoms with Crippen molar-refractivity contribution in [1.29, 1.82) is 0 Å². The quantitative estimate of drug-likeness (QED) is 0.908. The average Bonchev–Trinajstić information content (AvgIpc) is 2.77. The lowest BCUT2D eigenvalue weighted by atomic mass is 9.97. The van der Waals surface area contributed by atoms with Crippen molar-refractivity contribution in [2.75, 3.05) is 12.4 Å². The van der Waals surface area contributed by atoms with Gasteiger partial charge in [0, 0.05) is 29.9 Å². The highest BCUT2D eigenvalue weighted by atomic mass is 16.6. The van der Waals surface area contributed by atoms with Crippen LogP contribution in [0, 0.1) is 0 Å². The Morgan fingerprint density at radius 2 is 1.88 bits per heavy atom. The molecule has 2 atom stereocenters. The van der Waals surface area contributed by atoms with E-state index in [1.54, 1.807) is 7.11 Å². The Morgan fingerprint density at radius 3 is 2.46 bits per heavy atom. The van der Waals surface area contributed by atoms with Crippen LogP contribution in [-0.4, -0.2) is 41.8 Å². The molecule has 0 saturated carbocycles. The van der Waals surface area contributed by atoms with Crippen LogP contribution >= 0.6 is 0 Å². The Kier molecular flexibility index (Phi) is 4.61. The number of hydrogen-bond donors (Lipinski definition) is 1. The molecule has 2 unspecified atom stereocenters. The van der Waals surface area contributed by atoms with Crippen LogP contribution in [-0.2, 0) is 4.74 Å². The van der Waals surface area contributed by atoms with Gasteiger partial charge in [0.15, 0.2) is 0 Å². The summed E-state index contributed by atoms with van der Waals surface area (Å²) in [4.78, 5) is 14.5. The normalized spacial score (nSPS) is 26.2. The minimum absolute atomic E-state index is 0.158. The fourth-order valence-corrected chi connectivity index (χ4v) is 3.86. The number of benzene rings is 1. The van der Waals surface area contributed by atoms with E-state index in [0.29, 0.717) is 6.04 Å². The van der Waals surface area contributed by atoms with Crippen LogP contribution in [0.15, 0.2) is 24.3 Å². The number of hydrogen-bond acceptors (Lipinski definition) is 4. The molecule has 2 aliphatic heterocycles. The molecule has 5 heteroatoms. The fourth-order valence-electron chi connectivity index (χ4n) is 3.86. The molecule has 2 aliphatic rings. The van der Waals surface area contributed by atoms with Gasteiger partial charge in [-0.15, -0.1) is 0 Å². The molecule has 0 spiro atoms. The molecule has 3 rings (SSSR count). The van der Waals surface area contributed by atoms with Crippen molar-refractivity contribution in [2.24, 2.45) is 0 Å². The zero-order valence-corrected chi connectivity index (χ0v) is 15.0. The molecule has 24 heavy (non-hydrogen) atoms. The van der Waals surface area contributed by atoms with Crippen LogP contribution in [0.3, 0.4) is 0 Å². The van der Waals surface area contributed by atoms with Crippen LogP contribution in [0.25, 0.3) is 0 Å². The SMILES string of the molecule is COc1cccc(NC2CC3CCC(C2)N3C(=O)OC(C)(C)C)c1. The molecule has 2 fully saturated rings. The summed E-state index contributed by atoms with van der Waals surface area (Å²) in [5, 5.41) is 3.61. The van der Waals surface area contributed by atoms with Crippen molar-refractivity contribution in [3.63, 3.8) is 0 Å². The third kappa shape index (κ3) is 3.77. The van der Waals surface area contributed by atoms with E-state index in [0.717, 1.165) is 37.1 Å². The number of anilines is 1. The molecule has 1 amide bonds. The highest BCUT2D eigenvalue weighted by molar-refractivity contribution is 5.69. The largest absolute Gasteiger partial charge is 0.497 e. The topological polar surface area (TPSA) is 50.8 Å². The van der Waals surface area contributed by atoms with Gasteiger partial charge in [-0.2, -0.15) is 0 Å². The molecule has 0 aliphatic carbocycles. The fraction of sp³-hybridized carbons (Fsp3) is 0.632. The van der Waals surface area contributed by atoms with Gasteiger partial charge >= 0.3 is 6.09 Å². The van der Waals surface area contributed by atoms with E-state index in [2.05, 4.69) is 11.4 Å². The van der Waals surface area contributed by atoms with Crippen LogP contribution < -0.4 is 10.1 Å². The second-order valence-corrected chi connectivity index (χ2v) is 7.82. The first-order chi connectivity index (χ1) is 11.4. The maximum Gasteiger partial charge on any atom is 0.410 e. The average molecular weight is 332 g/mol. The minimum atomic E-state index is -0.438. The van der Waals surface area contributed by atoms with E-state index in [9.17, 15) is 4.79 Å². The van der Waals surface area contributed by atoms with Crippen LogP contribution in [0.4, 0.5) is 10.5 Å². The lowest BCUT2D eigenvalue weighted by Crippen LogP contribution is -2.51. The van der Waals surface area contributed by atoms with E-state index in [1.807, 2.05) is 43.9 Å². The maximum atomic E-state index is 12.5. The van der Waals surface area contributed by atoms with Gasteiger partial charge in [-0.05, 0) is 58.6 Å². The summed E-state index contributed by atoms with van der Waals surface area (Å²) >= 11 is 0. The maximum absolute atomic E-state index is 12.5. The van der Waals surface area contributed by atoms with E-state index in [1.165, 1.54) is 0 Å². The van der Waals surface area contributed by atoms with Crippen molar-refractivity contribution in [2.45, 2.75) is 70.2 Å². The summed E-state index contributed by atoms with van der Waals surface area (Å²) in [5.41, 5.74) is 0.635. The molecular weight excluding hydrogens is 304 g/mol. The highest BCUT2D eigenvalue weighted by Crippen LogP contribution is 2.38. The van der Waals surface area contributed by atoms with Crippen molar-refractivity contribution < 1.29 is 14.3 Å². The summed E-state index contributed by atoms with van der Waals surface area (Å²) in [6.07, 6.45) is 3.91. The Hall–Kier alpha value is -1.91. The molecule has 2 heterocycles. The van der Waals surface area contributed by atoms with Crippen molar-refractivity contribution in [3.05, 3.63) is 24.3 Å². The standard InChI is InChI=1S/C19H28N2O3/c1-19(2,3)24-18(22)21-15-8-9-16(21)11-14(10-15)20-13-6-5-7-17(12-13)23-4/h5-7,12,14-16,20H,8-11H2,1-4H3. The number of rotatable bonds is 3. The molecule has 2 bridgehead atoms. The van der Waals surface area contributed by atoms with Crippen LogP contribution in [0.1, 0.15) is 46.5 Å². The molecule has 132 valence electrons. The number of nitrogens with zero attached hydrogens (tertiary/aromatic N) is 1. The molecule has 0 aromatic heterocycles. The second kappa shape index (κ2) is 6.54. The van der Waals surface area contributed by atoms with Crippen LogP contribution in [0.5, 0.6) is 5.75 Å². The number of ether oxygens (including phenoxy) is 2. The predicted molar refractivity (Wildman–Crippen MR) is 94.5 cm³/mol. The third-order valence-electron chi connectivity index (χ3n) is 4.78.